The van der Waals surface area contributed by atoms with E-state index in [-0.39, 0.29) is 11.3 Å². The van der Waals surface area contributed by atoms with Crippen LogP contribution in [0.15, 0.2) is 42.6 Å². The molecular weight excluding hydrogens is 240 g/mol. The summed E-state index contributed by atoms with van der Waals surface area (Å²) >= 11 is 0. The van der Waals surface area contributed by atoms with Crippen LogP contribution in [-0.2, 0) is 4.79 Å². The van der Waals surface area contributed by atoms with Gasteiger partial charge in [-0.1, -0.05) is 12.1 Å². The molecule has 0 bridgehead atoms. The van der Waals surface area contributed by atoms with Crippen LogP contribution in [0.5, 0.6) is 0 Å². The lowest BCUT2D eigenvalue weighted by Crippen LogP contribution is -2.14. The third-order valence-electron chi connectivity index (χ3n) is 2.51. The minimum Gasteiger partial charge on any atom is -0.480 e. The molecular formula is C13H9F2NO2. The van der Waals surface area contributed by atoms with Crippen LogP contribution in [0.1, 0.15) is 17.2 Å². The zero-order valence-electron chi connectivity index (χ0n) is 9.18. The first-order valence-corrected chi connectivity index (χ1v) is 5.18. The van der Waals surface area contributed by atoms with Gasteiger partial charge >= 0.3 is 5.97 Å². The maximum Gasteiger partial charge on any atom is 0.317 e. The summed E-state index contributed by atoms with van der Waals surface area (Å²) in [6.45, 7) is 0. The highest BCUT2D eigenvalue weighted by atomic mass is 19.2. The zero-order chi connectivity index (χ0) is 13.1. The fourth-order valence-corrected chi connectivity index (χ4v) is 1.68. The highest BCUT2D eigenvalue weighted by Crippen LogP contribution is 2.24. The Morgan fingerprint density at radius 2 is 1.94 bits per heavy atom. The Labute approximate surface area is 102 Å². The number of halogens is 2. The number of hydrogen-bond acceptors (Lipinski definition) is 2. The summed E-state index contributed by atoms with van der Waals surface area (Å²) < 4.78 is 26.0. The number of hydrogen-bond donors (Lipinski definition) is 1. The molecule has 1 N–H and O–H groups in total. The Bertz CT molecular complexity index is 572. The van der Waals surface area contributed by atoms with Gasteiger partial charge in [0, 0.05) is 6.20 Å². The van der Waals surface area contributed by atoms with Gasteiger partial charge in [-0.05, 0) is 29.8 Å². The van der Waals surface area contributed by atoms with E-state index in [1.165, 1.54) is 18.3 Å². The van der Waals surface area contributed by atoms with Crippen LogP contribution in [0.4, 0.5) is 8.78 Å². The van der Waals surface area contributed by atoms with Crippen LogP contribution < -0.4 is 0 Å². The van der Waals surface area contributed by atoms with Crippen LogP contribution in [0.2, 0.25) is 0 Å². The Morgan fingerprint density at radius 1 is 1.17 bits per heavy atom. The van der Waals surface area contributed by atoms with E-state index in [0.717, 1.165) is 12.1 Å². The second-order valence-corrected chi connectivity index (χ2v) is 3.70. The second kappa shape index (κ2) is 4.91. The second-order valence-electron chi connectivity index (χ2n) is 3.70. The third kappa shape index (κ3) is 2.34. The number of aromatic nitrogens is 1. The van der Waals surface area contributed by atoms with Crippen molar-refractivity contribution in [3.8, 4) is 0 Å². The van der Waals surface area contributed by atoms with Crippen LogP contribution in [0, 0.1) is 11.6 Å². The summed E-state index contributed by atoms with van der Waals surface area (Å²) in [6.07, 6.45) is 1.45. The van der Waals surface area contributed by atoms with E-state index in [2.05, 4.69) is 4.98 Å². The molecule has 1 atom stereocenters. The van der Waals surface area contributed by atoms with Crippen molar-refractivity contribution in [1.82, 2.24) is 4.98 Å². The number of benzene rings is 1. The van der Waals surface area contributed by atoms with Crippen molar-refractivity contribution in [1.29, 1.82) is 0 Å². The van der Waals surface area contributed by atoms with Gasteiger partial charge in [-0.2, -0.15) is 0 Å². The van der Waals surface area contributed by atoms with E-state index in [4.69, 9.17) is 0 Å². The largest absolute Gasteiger partial charge is 0.480 e. The Hall–Kier alpha value is -2.30. The number of rotatable bonds is 3. The van der Waals surface area contributed by atoms with Crippen LogP contribution in [0.3, 0.4) is 0 Å². The average Bonchev–Trinajstić information content (AvgIpc) is 2.35. The molecule has 0 aliphatic carbocycles. The SMILES string of the molecule is O=C(O)C(c1ccc(F)c(F)c1)c1ccccn1. The normalized spacial score (nSPS) is 12.1. The Kier molecular flexibility index (Phi) is 3.32. The zero-order valence-corrected chi connectivity index (χ0v) is 9.18. The first-order chi connectivity index (χ1) is 8.59. The first-order valence-electron chi connectivity index (χ1n) is 5.18. The lowest BCUT2D eigenvalue weighted by Gasteiger charge is -2.12. The molecule has 3 nitrogen and oxygen atoms in total. The predicted molar refractivity (Wildman–Crippen MR) is 60.1 cm³/mol. The van der Waals surface area contributed by atoms with Crippen molar-refractivity contribution in [2.24, 2.45) is 0 Å². The lowest BCUT2D eigenvalue weighted by molar-refractivity contribution is -0.137. The van der Waals surface area contributed by atoms with Crippen molar-refractivity contribution >= 4 is 5.97 Å². The number of nitrogens with zero attached hydrogens (tertiary/aromatic N) is 1. The summed E-state index contributed by atoms with van der Waals surface area (Å²) in [5.74, 6) is -4.36. The van der Waals surface area contributed by atoms with Crippen molar-refractivity contribution in [2.45, 2.75) is 5.92 Å². The number of pyridine rings is 1. The third-order valence-corrected chi connectivity index (χ3v) is 2.51. The molecule has 5 heteroatoms. The molecule has 2 rings (SSSR count). The van der Waals surface area contributed by atoms with Crippen LogP contribution >= 0.6 is 0 Å². The molecule has 0 radical (unpaired) electrons. The van der Waals surface area contributed by atoms with Gasteiger partial charge < -0.3 is 5.11 Å². The molecule has 0 amide bonds. The van der Waals surface area contributed by atoms with Crippen molar-refractivity contribution in [3.63, 3.8) is 0 Å². The van der Waals surface area contributed by atoms with Gasteiger partial charge in [-0.25, -0.2) is 8.78 Å². The van der Waals surface area contributed by atoms with E-state index in [1.54, 1.807) is 12.1 Å². The minimum absolute atomic E-state index is 0.153. The predicted octanol–water partition coefficient (Wildman–Crippen LogP) is 2.58. The maximum atomic E-state index is 13.1. The lowest BCUT2D eigenvalue weighted by atomic mass is 9.95. The number of aliphatic carboxylic acids is 1. The monoisotopic (exact) mass is 249 g/mol. The van der Waals surface area contributed by atoms with Gasteiger partial charge in [0.05, 0.1) is 5.69 Å². The quantitative estimate of drug-likeness (QED) is 0.909. The molecule has 0 spiro atoms. The summed E-state index contributed by atoms with van der Waals surface area (Å²) in [7, 11) is 0. The Balaban J connectivity index is 2.49. The molecule has 0 fully saturated rings. The van der Waals surface area contributed by atoms with Gasteiger partial charge in [0.2, 0.25) is 0 Å². The summed E-state index contributed by atoms with van der Waals surface area (Å²) in [5.41, 5.74) is 0.427. The molecule has 0 aliphatic rings. The summed E-state index contributed by atoms with van der Waals surface area (Å²) in [4.78, 5) is 15.2. The van der Waals surface area contributed by atoms with Crippen LogP contribution in [0.25, 0.3) is 0 Å². The molecule has 0 saturated carbocycles. The van der Waals surface area contributed by atoms with Crippen LogP contribution in [-0.4, -0.2) is 16.1 Å². The molecule has 1 aromatic heterocycles. The van der Waals surface area contributed by atoms with Gasteiger partial charge in [0.25, 0.3) is 0 Å². The van der Waals surface area contributed by atoms with E-state index >= 15 is 0 Å². The number of carbonyl (C=O) groups is 1. The smallest absolute Gasteiger partial charge is 0.317 e. The average molecular weight is 249 g/mol. The van der Waals surface area contributed by atoms with Gasteiger partial charge in [0.15, 0.2) is 11.6 Å². The van der Waals surface area contributed by atoms with E-state index in [1.807, 2.05) is 0 Å². The highest BCUT2D eigenvalue weighted by Gasteiger charge is 2.24. The number of carboxylic acids is 1. The molecule has 18 heavy (non-hydrogen) atoms. The van der Waals surface area contributed by atoms with Crippen molar-refractivity contribution in [2.75, 3.05) is 0 Å². The van der Waals surface area contributed by atoms with E-state index in [0.29, 0.717) is 0 Å². The minimum atomic E-state index is -1.17. The molecule has 0 saturated heterocycles. The summed E-state index contributed by atoms with van der Waals surface area (Å²) in [5, 5.41) is 9.18. The Morgan fingerprint density at radius 3 is 2.50 bits per heavy atom. The first kappa shape index (κ1) is 12.2. The van der Waals surface area contributed by atoms with Gasteiger partial charge in [0.1, 0.15) is 5.92 Å². The summed E-state index contributed by atoms with van der Waals surface area (Å²) in [6, 6.07) is 7.84. The standard InChI is InChI=1S/C13H9F2NO2/c14-9-5-4-8(7-10(9)15)12(13(17)18)11-3-1-2-6-16-11/h1-7,12H,(H,17,18). The fourth-order valence-electron chi connectivity index (χ4n) is 1.68. The maximum absolute atomic E-state index is 13.1. The molecule has 92 valence electrons. The molecule has 1 heterocycles. The van der Waals surface area contributed by atoms with E-state index in [9.17, 15) is 18.7 Å². The molecule has 2 aromatic rings. The van der Waals surface area contributed by atoms with Crippen molar-refractivity contribution < 1.29 is 18.7 Å². The van der Waals surface area contributed by atoms with Gasteiger partial charge in [-0.15, -0.1) is 0 Å². The topological polar surface area (TPSA) is 50.2 Å². The highest BCUT2D eigenvalue weighted by molar-refractivity contribution is 5.79. The molecule has 1 aromatic carbocycles. The number of carboxylic acid groups (broad SMARTS) is 1. The van der Waals surface area contributed by atoms with Crippen molar-refractivity contribution in [3.05, 3.63) is 65.5 Å². The van der Waals surface area contributed by atoms with E-state index < -0.39 is 23.5 Å². The molecule has 1 unspecified atom stereocenters. The van der Waals surface area contributed by atoms with Gasteiger partial charge in [-0.3, -0.25) is 9.78 Å². The molecule has 0 aliphatic heterocycles. The fraction of sp³-hybridized carbons (Fsp3) is 0.0769.